The van der Waals surface area contributed by atoms with Gasteiger partial charge in [-0.15, -0.1) is 0 Å². The molecule has 0 aliphatic heterocycles. The van der Waals surface area contributed by atoms with Crippen molar-refractivity contribution in [3.63, 3.8) is 0 Å². The molecule has 0 N–H and O–H groups in total. The Morgan fingerprint density at radius 2 is 1.40 bits per heavy atom. The van der Waals surface area contributed by atoms with Gasteiger partial charge >= 0.3 is 0 Å². The standard InChI is InChI=1S/C9H10.Cu/c1-2-5-9-7-3-6-8(9)4-1;/h1-2,4-5H,3,6-7H2;. The van der Waals surface area contributed by atoms with Gasteiger partial charge in [0.1, 0.15) is 0 Å². The second kappa shape index (κ2) is 3.23. The van der Waals surface area contributed by atoms with E-state index in [1.165, 1.54) is 19.3 Å². The number of hydrogen-bond donors (Lipinski definition) is 0. The third-order valence-electron chi connectivity index (χ3n) is 2.01. The van der Waals surface area contributed by atoms with Crippen molar-refractivity contribution in [3.05, 3.63) is 35.4 Å². The van der Waals surface area contributed by atoms with Crippen LogP contribution in [0.1, 0.15) is 17.5 Å². The number of fused-ring (bicyclic) bond motifs is 1. The minimum Gasteiger partial charge on any atom is -0.0620 e. The maximum Gasteiger partial charge on any atom is 0 e. The molecular weight excluding hydrogens is 172 g/mol. The Morgan fingerprint density at radius 3 is 1.90 bits per heavy atom. The Labute approximate surface area is 72.1 Å². The van der Waals surface area contributed by atoms with Crippen molar-refractivity contribution < 1.29 is 17.1 Å². The summed E-state index contributed by atoms with van der Waals surface area (Å²) in [4.78, 5) is 0. The van der Waals surface area contributed by atoms with Crippen molar-refractivity contribution in [2.24, 2.45) is 0 Å². The summed E-state index contributed by atoms with van der Waals surface area (Å²) in [5.74, 6) is 0. The van der Waals surface area contributed by atoms with E-state index in [2.05, 4.69) is 24.3 Å². The zero-order valence-corrected chi connectivity index (χ0v) is 6.67. The fourth-order valence-corrected chi connectivity index (χ4v) is 1.51. The minimum absolute atomic E-state index is 0. The molecule has 1 aliphatic carbocycles. The van der Waals surface area contributed by atoms with E-state index in [0.717, 1.165) is 0 Å². The molecule has 10 heavy (non-hydrogen) atoms. The fraction of sp³-hybridized carbons (Fsp3) is 0.333. The van der Waals surface area contributed by atoms with Gasteiger partial charge in [0.25, 0.3) is 0 Å². The zero-order chi connectivity index (χ0) is 6.10. The molecule has 0 aromatic heterocycles. The average Bonchev–Trinajstić information content (AvgIpc) is 2.33. The molecule has 0 saturated heterocycles. The summed E-state index contributed by atoms with van der Waals surface area (Å²) in [5, 5.41) is 0. The van der Waals surface area contributed by atoms with Crippen LogP contribution < -0.4 is 0 Å². The van der Waals surface area contributed by atoms with Crippen LogP contribution in [-0.2, 0) is 29.9 Å². The van der Waals surface area contributed by atoms with E-state index < -0.39 is 0 Å². The van der Waals surface area contributed by atoms with Crippen LogP contribution in [0.15, 0.2) is 24.3 Å². The zero-order valence-electron chi connectivity index (χ0n) is 5.73. The van der Waals surface area contributed by atoms with Crippen LogP contribution in [0.3, 0.4) is 0 Å². The Morgan fingerprint density at radius 1 is 0.900 bits per heavy atom. The number of aryl methyl sites for hydroxylation is 2. The van der Waals surface area contributed by atoms with Gasteiger partial charge in [0.05, 0.1) is 0 Å². The quantitative estimate of drug-likeness (QED) is 0.539. The van der Waals surface area contributed by atoms with Crippen molar-refractivity contribution in [1.29, 1.82) is 0 Å². The van der Waals surface area contributed by atoms with Crippen molar-refractivity contribution in [1.82, 2.24) is 0 Å². The van der Waals surface area contributed by atoms with Gasteiger partial charge < -0.3 is 0 Å². The SMILES string of the molecule is [Cu].c1ccc2c(c1)CCC2. The summed E-state index contributed by atoms with van der Waals surface area (Å²) < 4.78 is 0. The Hall–Kier alpha value is -0.261. The molecule has 0 fully saturated rings. The maximum atomic E-state index is 2.24. The molecule has 1 radical (unpaired) electrons. The summed E-state index contributed by atoms with van der Waals surface area (Å²) in [7, 11) is 0. The topological polar surface area (TPSA) is 0 Å². The van der Waals surface area contributed by atoms with E-state index in [0.29, 0.717) is 0 Å². The van der Waals surface area contributed by atoms with Gasteiger partial charge in [-0.2, -0.15) is 0 Å². The van der Waals surface area contributed by atoms with E-state index >= 15 is 0 Å². The summed E-state index contributed by atoms with van der Waals surface area (Å²) >= 11 is 0. The molecule has 1 aliphatic rings. The second-order valence-electron chi connectivity index (χ2n) is 2.62. The predicted octanol–water partition coefficient (Wildman–Crippen LogP) is 2.17. The number of hydrogen-bond acceptors (Lipinski definition) is 0. The molecule has 0 heterocycles. The molecule has 1 heteroatoms. The van der Waals surface area contributed by atoms with E-state index in [-0.39, 0.29) is 17.1 Å². The first kappa shape index (κ1) is 7.84. The predicted molar refractivity (Wildman–Crippen MR) is 38.5 cm³/mol. The fourth-order valence-electron chi connectivity index (χ4n) is 1.51. The van der Waals surface area contributed by atoms with Crippen LogP contribution in [0.2, 0.25) is 0 Å². The van der Waals surface area contributed by atoms with E-state index in [9.17, 15) is 0 Å². The molecule has 1 aromatic carbocycles. The molecule has 0 atom stereocenters. The van der Waals surface area contributed by atoms with Crippen LogP contribution in [0, 0.1) is 0 Å². The minimum atomic E-state index is 0. The third-order valence-corrected chi connectivity index (χ3v) is 2.01. The molecule has 2 rings (SSSR count). The molecule has 0 bridgehead atoms. The first-order valence-electron chi connectivity index (χ1n) is 3.53. The molecular formula is C9H10Cu. The van der Waals surface area contributed by atoms with Gasteiger partial charge in [0.2, 0.25) is 0 Å². The van der Waals surface area contributed by atoms with E-state index in [1.807, 2.05) is 0 Å². The molecule has 0 spiro atoms. The van der Waals surface area contributed by atoms with Gasteiger partial charge in [0.15, 0.2) is 0 Å². The van der Waals surface area contributed by atoms with Crippen LogP contribution in [-0.4, -0.2) is 0 Å². The smallest absolute Gasteiger partial charge is 0 e. The molecule has 0 unspecified atom stereocenters. The monoisotopic (exact) mass is 181 g/mol. The molecule has 0 saturated carbocycles. The van der Waals surface area contributed by atoms with Crippen LogP contribution >= 0.6 is 0 Å². The van der Waals surface area contributed by atoms with Crippen LogP contribution in [0.25, 0.3) is 0 Å². The van der Waals surface area contributed by atoms with Crippen LogP contribution in [0.5, 0.6) is 0 Å². The van der Waals surface area contributed by atoms with Gasteiger partial charge in [-0.3, -0.25) is 0 Å². The van der Waals surface area contributed by atoms with Crippen molar-refractivity contribution in [2.45, 2.75) is 19.3 Å². The first-order chi connectivity index (χ1) is 4.47. The first-order valence-corrected chi connectivity index (χ1v) is 3.53. The van der Waals surface area contributed by atoms with Gasteiger partial charge in [-0.1, -0.05) is 24.3 Å². The maximum absolute atomic E-state index is 2.24. The summed E-state index contributed by atoms with van der Waals surface area (Å²) in [6.07, 6.45) is 3.96. The van der Waals surface area contributed by atoms with E-state index in [1.54, 1.807) is 11.1 Å². The van der Waals surface area contributed by atoms with Crippen LogP contribution in [0.4, 0.5) is 0 Å². The van der Waals surface area contributed by atoms with Crippen molar-refractivity contribution in [2.75, 3.05) is 0 Å². The van der Waals surface area contributed by atoms with Gasteiger partial charge in [-0.05, 0) is 30.4 Å². The molecule has 57 valence electrons. The summed E-state index contributed by atoms with van der Waals surface area (Å²) in [5.41, 5.74) is 3.13. The summed E-state index contributed by atoms with van der Waals surface area (Å²) in [6, 6.07) is 8.74. The van der Waals surface area contributed by atoms with Gasteiger partial charge in [-0.25, -0.2) is 0 Å². The summed E-state index contributed by atoms with van der Waals surface area (Å²) in [6.45, 7) is 0. The second-order valence-corrected chi connectivity index (χ2v) is 2.62. The van der Waals surface area contributed by atoms with Crippen molar-refractivity contribution in [3.8, 4) is 0 Å². The molecule has 1 aromatic rings. The van der Waals surface area contributed by atoms with Gasteiger partial charge in [0, 0.05) is 17.1 Å². The Bertz CT molecular complexity index is 195. The Kier molecular flexibility index (Phi) is 2.53. The number of rotatable bonds is 0. The normalized spacial score (nSPS) is 14.0. The third kappa shape index (κ3) is 1.25. The largest absolute Gasteiger partial charge is 0.0620 e. The molecule has 0 amide bonds. The Balaban J connectivity index is 0.000000500. The molecule has 0 nitrogen and oxygen atoms in total. The number of benzene rings is 1. The van der Waals surface area contributed by atoms with E-state index in [4.69, 9.17) is 0 Å². The van der Waals surface area contributed by atoms with Crippen molar-refractivity contribution >= 4 is 0 Å². The average molecular weight is 182 g/mol.